The van der Waals surface area contributed by atoms with Crippen molar-refractivity contribution in [3.63, 3.8) is 0 Å². The van der Waals surface area contributed by atoms with Crippen molar-refractivity contribution in [2.75, 3.05) is 13.2 Å². The zero-order valence-corrected chi connectivity index (χ0v) is 16.9. The summed E-state index contributed by atoms with van der Waals surface area (Å²) in [4.78, 5) is 17.3. The van der Waals surface area contributed by atoms with Crippen molar-refractivity contribution in [2.45, 2.75) is 98.4 Å². The van der Waals surface area contributed by atoms with Crippen molar-refractivity contribution in [1.82, 2.24) is 5.06 Å². The number of carbonyl (C=O) groups is 1. The minimum Gasteiger partial charge on any atom is -0.367 e. The molecule has 2 atom stereocenters. The first-order valence-electron chi connectivity index (χ1n) is 9.29. The van der Waals surface area contributed by atoms with Crippen molar-refractivity contribution in [2.24, 2.45) is 5.41 Å². The first-order valence-corrected chi connectivity index (χ1v) is 9.29. The van der Waals surface area contributed by atoms with Crippen LogP contribution in [0.3, 0.4) is 0 Å². The van der Waals surface area contributed by atoms with Gasteiger partial charge in [-0.1, -0.05) is 34.6 Å². The summed E-state index contributed by atoms with van der Waals surface area (Å²) in [6.45, 7) is 17.6. The van der Waals surface area contributed by atoms with E-state index in [0.717, 1.165) is 19.3 Å². The Morgan fingerprint density at radius 1 is 1.25 bits per heavy atom. The maximum Gasteiger partial charge on any atom is 0.322 e. The average Bonchev–Trinajstić information content (AvgIpc) is 2.54. The lowest BCUT2D eigenvalue weighted by Gasteiger charge is -2.50. The summed E-state index contributed by atoms with van der Waals surface area (Å²) in [7, 11) is 0. The van der Waals surface area contributed by atoms with E-state index in [1.165, 1.54) is 6.92 Å². The predicted octanol–water partition coefficient (Wildman–Crippen LogP) is 4.30. The highest BCUT2D eigenvalue weighted by atomic mass is 16.7. The van der Waals surface area contributed by atoms with E-state index < -0.39 is 5.79 Å². The van der Waals surface area contributed by atoms with Crippen LogP contribution >= 0.6 is 0 Å². The summed E-state index contributed by atoms with van der Waals surface area (Å²) in [6, 6.07) is 0.132. The molecule has 0 bridgehead atoms. The Labute approximate surface area is 148 Å². The number of rotatable bonds is 8. The van der Waals surface area contributed by atoms with E-state index in [1.54, 1.807) is 0 Å². The van der Waals surface area contributed by atoms with Gasteiger partial charge < -0.3 is 14.3 Å². The maximum atomic E-state index is 11.6. The first kappa shape index (κ1) is 21.4. The summed E-state index contributed by atoms with van der Waals surface area (Å²) in [5.41, 5.74) is -0.313. The molecule has 0 aromatic rings. The van der Waals surface area contributed by atoms with Gasteiger partial charge in [0.15, 0.2) is 5.79 Å². The topological polar surface area (TPSA) is 48.0 Å². The minimum atomic E-state index is -0.619. The molecule has 0 aromatic carbocycles. The molecule has 1 fully saturated rings. The quantitative estimate of drug-likeness (QED) is 0.615. The number of hydroxylamine groups is 2. The zero-order valence-electron chi connectivity index (χ0n) is 16.9. The van der Waals surface area contributed by atoms with Gasteiger partial charge in [0, 0.05) is 24.8 Å². The fraction of sp³-hybridized carbons (Fsp3) is 0.947. The van der Waals surface area contributed by atoms with Crippen LogP contribution < -0.4 is 0 Å². The maximum absolute atomic E-state index is 11.6. The smallest absolute Gasteiger partial charge is 0.322 e. The number of carbonyl (C=O) groups excluding carboxylic acids is 1. The van der Waals surface area contributed by atoms with E-state index in [0.29, 0.717) is 19.6 Å². The van der Waals surface area contributed by atoms with Crippen LogP contribution in [-0.2, 0) is 19.1 Å². The standard InChI is InChI=1S/C19H37NO4/c1-9-15(4)20(24-16(5)21)18(8,10-2)12-19(11-3)22-13-17(6,7)14-23-19/h15H,9-14H2,1-8H3. The Hall–Kier alpha value is -0.650. The Kier molecular flexibility index (Phi) is 7.27. The van der Waals surface area contributed by atoms with Crippen LogP contribution in [0.25, 0.3) is 0 Å². The summed E-state index contributed by atoms with van der Waals surface area (Å²) in [6.07, 6.45) is 3.17. The van der Waals surface area contributed by atoms with Gasteiger partial charge in [-0.15, -0.1) is 5.06 Å². The van der Waals surface area contributed by atoms with Crippen LogP contribution in [0, 0.1) is 5.41 Å². The molecule has 0 radical (unpaired) electrons. The molecule has 0 amide bonds. The molecule has 24 heavy (non-hydrogen) atoms. The molecule has 0 aliphatic carbocycles. The van der Waals surface area contributed by atoms with Crippen molar-refractivity contribution < 1.29 is 19.1 Å². The second kappa shape index (κ2) is 8.15. The lowest BCUT2D eigenvalue weighted by atomic mass is 9.85. The fourth-order valence-electron chi connectivity index (χ4n) is 3.14. The largest absolute Gasteiger partial charge is 0.367 e. The van der Waals surface area contributed by atoms with Gasteiger partial charge in [-0.3, -0.25) is 4.79 Å². The minimum absolute atomic E-state index is 0.0353. The highest BCUT2D eigenvalue weighted by Crippen LogP contribution is 2.40. The molecule has 1 saturated heterocycles. The normalized spacial score (nSPS) is 23.5. The van der Waals surface area contributed by atoms with Gasteiger partial charge in [0.1, 0.15) is 0 Å². The third-order valence-corrected chi connectivity index (χ3v) is 5.15. The van der Waals surface area contributed by atoms with Crippen molar-refractivity contribution >= 4 is 5.97 Å². The van der Waals surface area contributed by atoms with Gasteiger partial charge in [-0.05, 0) is 33.1 Å². The summed E-state index contributed by atoms with van der Waals surface area (Å²) >= 11 is 0. The summed E-state index contributed by atoms with van der Waals surface area (Å²) in [5, 5.41) is 1.86. The molecule has 1 aliphatic heterocycles. The first-order chi connectivity index (χ1) is 11.0. The zero-order chi connectivity index (χ0) is 18.6. The van der Waals surface area contributed by atoms with E-state index in [-0.39, 0.29) is 23.0 Å². The van der Waals surface area contributed by atoms with Crippen LogP contribution in [0.2, 0.25) is 0 Å². The van der Waals surface area contributed by atoms with Crippen molar-refractivity contribution in [3.8, 4) is 0 Å². The van der Waals surface area contributed by atoms with Crippen LogP contribution in [0.5, 0.6) is 0 Å². The van der Waals surface area contributed by atoms with Crippen LogP contribution in [-0.4, -0.2) is 41.6 Å². The van der Waals surface area contributed by atoms with Crippen LogP contribution in [0.15, 0.2) is 0 Å². The molecule has 1 aliphatic rings. The Bertz CT molecular complexity index is 414. The number of nitrogens with zero attached hydrogens (tertiary/aromatic N) is 1. The second-order valence-corrected chi connectivity index (χ2v) is 8.20. The molecule has 0 aromatic heterocycles. The van der Waals surface area contributed by atoms with Crippen LogP contribution in [0.1, 0.15) is 81.1 Å². The lowest BCUT2D eigenvalue weighted by Crippen LogP contribution is -2.58. The molecule has 0 spiro atoms. The van der Waals surface area contributed by atoms with Crippen LogP contribution in [0.4, 0.5) is 0 Å². The molecular formula is C19H37NO4. The molecular weight excluding hydrogens is 306 g/mol. The average molecular weight is 344 g/mol. The Morgan fingerprint density at radius 3 is 2.17 bits per heavy atom. The Balaban J connectivity index is 3.04. The SMILES string of the molecule is CCC(C)N(OC(C)=O)C(C)(CC)CC1(CC)OCC(C)(C)CO1. The second-order valence-electron chi connectivity index (χ2n) is 8.20. The summed E-state index contributed by atoms with van der Waals surface area (Å²) < 4.78 is 12.4. The molecule has 5 nitrogen and oxygen atoms in total. The number of ether oxygens (including phenoxy) is 2. The Morgan fingerprint density at radius 2 is 1.79 bits per heavy atom. The van der Waals surface area contributed by atoms with Gasteiger partial charge >= 0.3 is 5.97 Å². The fourth-order valence-corrected chi connectivity index (χ4v) is 3.14. The molecule has 1 heterocycles. The van der Waals surface area contributed by atoms with Gasteiger partial charge in [0.05, 0.1) is 18.8 Å². The van der Waals surface area contributed by atoms with Crippen molar-refractivity contribution in [3.05, 3.63) is 0 Å². The van der Waals surface area contributed by atoms with Gasteiger partial charge in [-0.25, -0.2) is 0 Å². The molecule has 5 heteroatoms. The monoisotopic (exact) mass is 343 g/mol. The lowest BCUT2D eigenvalue weighted by molar-refractivity contribution is -0.325. The van der Waals surface area contributed by atoms with E-state index in [9.17, 15) is 4.79 Å². The third kappa shape index (κ3) is 5.17. The highest BCUT2D eigenvalue weighted by molar-refractivity contribution is 5.65. The van der Waals surface area contributed by atoms with E-state index in [2.05, 4.69) is 48.5 Å². The van der Waals surface area contributed by atoms with Gasteiger partial charge in [-0.2, -0.15) is 0 Å². The van der Waals surface area contributed by atoms with Gasteiger partial charge in [0.25, 0.3) is 0 Å². The molecule has 0 saturated carbocycles. The highest BCUT2D eigenvalue weighted by Gasteiger charge is 2.47. The van der Waals surface area contributed by atoms with Gasteiger partial charge in [0.2, 0.25) is 0 Å². The summed E-state index contributed by atoms with van der Waals surface area (Å²) in [5.74, 6) is -0.904. The molecule has 2 unspecified atom stereocenters. The molecule has 142 valence electrons. The van der Waals surface area contributed by atoms with E-state index in [1.807, 2.05) is 5.06 Å². The van der Waals surface area contributed by atoms with E-state index in [4.69, 9.17) is 14.3 Å². The van der Waals surface area contributed by atoms with Crippen molar-refractivity contribution in [1.29, 1.82) is 0 Å². The number of hydrogen-bond acceptors (Lipinski definition) is 5. The number of hydrogen-bond donors (Lipinski definition) is 0. The van der Waals surface area contributed by atoms with E-state index >= 15 is 0 Å². The molecule has 1 rings (SSSR count). The predicted molar refractivity (Wildman–Crippen MR) is 95.4 cm³/mol. The third-order valence-electron chi connectivity index (χ3n) is 5.15. The molecule has 0 N–H and O–H groups in total.